The predicted octanol–water partition coefficient (Wildman–Crippen LogP) is 1.51. The maximum Gasteiger partial charge on any atom is 0.358 e. The number of carboxylic acids is 1. The smallest absolute Gasteiger partial charge is 0.358 e. The van der Waals surface area contributed by atoms with Gasteiger partial charge in [-0.15, -0.1) is 5.10 Å². The molecule has 1 amide bonds. The van der Waals surface area contributed by atoms with Crippen molar-refractivity contribution in [1.29, 1.82) is 0 Å². The van der Waals surface area contributed by atoms with Crippen molar-refractivity contribution in [1.82, 2.24) is 20.3 Å². The van der Waals surface area contributed by atoms with E-state index >= 15 is 0 Å². The summed E-state index contributed by atoms with van der Waals surface area (Å²) in [6.45, 7) is 1.69. The highest BCUT2D eigenvalue weighted by Gasteiger charge is 2.14. The lowest BCUT2D eigenvalue weighted by molar-refractivity contribution is -0.122. The van der Waals surface area contributed by atoms with Crippen molar-refractivity contribution >= 4 is 23.5 Å². The van der Waals surface area contributed by atoms with Crippen LogP contribution in [0.25, 0.3) is 0 Å². The van der Waals surface area contributed by atoms with Crippen LogP contribution in [0.2, 0.25) is 5.02 Å². The summed E-state index contributed by atoms with van der Waals surface area (Å²) in [5.41, 5.74) is 0.597. The van der Waals surface area contributed by atoms with E-state index in [-0.39, 0.29) is 24.2 Å². The normalized spacial score (nSPS) is 11.9. The summed E-state index contributed by atoms with van der Waals surface area (Å²) in [7, 11) is 0. The Kier molecular flexibility index (Phi) is 4.54. The lowest BCUT2D eigenvalue weighted by Crippen LogP contribution is -2.30. The molecule has 0 aliphatic carbocycles. The highest BCUT2D eigenvalue weighted by molar-refractivity contribution is 6.31. The molecule has 0 radical (unpaired) electrons. The van der Waals surface area contributed by atoms with Crippen LogP contribution >= 0.6 is 11.6 Å². The van der Waals surface area contributed by atoms with Gasteiger partial charge in [0, 0.05) is 5.02 Å². The van der Waals surface area contributed by atoms with E-state index in [4.69, 9.17) is 16.7 Å². The minimum Gasteiger partial charge on any atom is -0.476 e. The zero-order valence-corrected chi connectivity index (χ0v) is 11.9. The van der Waals surface area contributed by atoms with Crippen LogP contribution in [0.5, 0.6) is 0 Å². The molecule has 0 aliphatic rings. The number of amides is 1. The highest BCUT2D eigenvalue weighted by Crippen LogP contribution is 2.21. The predicted molar refractivity (Wildman–Crippen MR) is 75.0 cm³/mol. The number of carbonyl (C=O) groups excluding carboxylic acids is 1. The third-order valence-electron chi connectivity index (χ3n) is 2.81. The molecule has 1 heterocycles. The van der Waals surface area contributed by atoms with Gasteiger partial charge >= 0.3 is 5.97 Å². The third kappa shape index (κ3) is 3.79. The molecule has 0 saturated carbocycles. The van der Waals surface area contributed by atoms with Crippen LogP contribution in [0, 0.1) is 0 Å². The number of nitrogens with zero attached hydrogens (tertiary/aromatic N) is 3. The van der Waals surface area contributed by atoms with E-state index in [0.717, 1.165) is 10.2 Å². The molecular formula is C13H13ClN4O3. The van der Waals surface area contributed by atoms with Crippen molar-refractivity contribution in [3.05, 3.63) is 46.7 Å². The highest BCUT2D eigenvalue weighted by atomic mass is 35.5. The van der Waals surface area contributed by atoms with Crippen molar-refractivity contribution in [2.75, 3.05) is 0 Å². The minimum atomic E-state index is -1.19. The molecule has 1 atom stereocenters. The van der Waals surface area contributed by atoms with Gasteiger partial charge in [0.1, 0.15) is 6.54 Å². The zero-order valence-electron chi connectivity index (χ0n) is 11.2. The molecule has 1 unspecified atom stereocenters. The Morgan fingerprint density at radius 3 is 2.76 bits per heavy atom. The second-order valence-electron chi connectivity index (χ2n) is 4.42. The van der Waals surface area contributed by atoms with Crippen molar-refractivity contribution in [2.45, 2.75) is 19.5 Å². The molecule has 0 spiro atoms. The summed E-state index contributed by atoms with van der Waals surface area (Å²) in [5.74, 6) is -1.50. The van der Waals surface area contributed by atoms with Crippen LogP contribution in [-0.2, 0) is 11.3 Å². The molecule has 7 nitrogen and oxygen atoms in total. The molecule has 2 aromatic rings. The number of carbonyl (C=O) groups is 2. The quantitative estimate of drug-likeness (QED) is 0.872. The zero-order chi connectivity index (χ0) is 15.4. The molecule has 1 aromatic heterocycles. The number of halogens is 1. The lowest BCUT2D eigenvalue weighted by Gasteiger charge is -2.15. The molecule has 0 bridgehead atoms. The average Bonchev–Trinajstić information content (AvgIpc) is 2.87. The van der Waals surface area contributed by atoms with Gasteiger partial charge in [0.15, 0.2) is 5.69 Å². The van der Waals surface area contributed by atoms with E-state index in [1.807, 2.05) is 25.1 Å². The fraction of sp³-hybridized carbons (Fsp3) is 0.231. The first-order valence-corrected chi connectivity index (χ1v) is 6.52. The van der Waals surface area contributed by atoms with Gasteiger partial charge in [-0.05, 0) is 18.6 Å². The fourth-order valence-corrected chi connectivity index (χ4v) is 2.11. The van der Waals surface area contributed by atoms with E-state index in [1.54, 1.807) is 6.07 Å². The second kappa shape index (κ2) is 6.36. The van der Waals surface area contributed by atoms with E-state index in [1.165, 1.54) is 6.20 Å². The van der Waals surface area contributed by atoms with E-state index in [0.29, 0.717) is 5.02 Å². The van der Waals surface area contributed by atoms with E-state index < -0.39 is 5.97 Å². The van der Waals surface area contributed by atoms with Gasteiger partial charge in [0.05, 0.1) is 12.2 Å². The van der Waals surface area contributed by atoms with Crippen LogP contribution in [0.15, 0.2) is 30.5 Å². The molecule has 0 fully saturated rings. The first-order valence-electron chi connectivity index (χ1n) is 6.14. The largest absolute Gasteiger partial charge is 0.476 e. The van der Waals surface area contributed by atoms with Gasteiger partial charge < -0.3 is 10.4 Å². The van der Waals surface area contributed by atoms with Gasteiger partial charge in [-0.2, -0.15) is 0 Å². The number of hydrogen-bond acceptors (Lipinski definition) is 4. The Bertz CT molecular complexity index is 671. The number of hydrogen-bond donors (Lipinski definition) is 2. The molecule has 8 heteroatoms. The summed E-state index contributed by atoms with van der Waals surface area (Å²) in [5, 5.41) is 19.1. The maximum atomic E-state index is 11.9. The minimum absolute atomic E-state index is 0.116. The summed E-state index contributed by atoms with van der Waals surface area (Å²) in [6, 6.07) is 6.94. The summed E-state index contributed by atoms with van der Waals surface area (Å²) in [6.07, 6.45) is 1.20. The topological polar surface area (TPSA) is 97.1 Å². The van der Waals surface area contributed by atoms with E-state index in [2.05, 4.69) is 15.6 Å². The van der Waals surface area contributed by atoms with Crippen LogP contribution in [0.3, 0.4) is 0 Å². The van der Waals surface area contributed by atoms with Crippen molar-refractivity contribution in [3.63, 3.8) is 0 Å². The van der Waals surface area contributed by atoms with Crippen LogP contribution < -0.4 is 5.32 Å². The molecule has 21 heavy (non-hydrogen) atoms. The van der Waals surface area contributed by atoms with Crippen LogP contribution in [0.1, 0.15) is 29.0 Å². The molecule has 1 aromatic carbocycles. The van der Waals surface area contributed by atoms with Gasteiger partial charge in [-0.1, -0.05) is 35.0 Å². The van der Waals surface area contributed by atoms with Crippen LogP contribution in [0.4, 0.5) is 0 Å². The SMILES string of the molecule is CC(NC(=O)Cn1cc(C(=O)O)nn1)c1ccccc1Cl. The first kappa shape index (κ1) is 15.0. The Morgan fingerprint density at radius 2 is 2.14 bits per heavy atom. The fourth-order valence-electron chi connectivity index (χ4n) is 1.81. The molecular weight excluding hydrogens is 296 g/mol. The molecule has 2 N–H and O–H groups in total. The first-order chi connectivity index (χ1) is 9.97. The summed E-state index contributed by atoms with van der Waals surface area (Å²) < 4.78 is 1.16. The lowest BCUT2D eigenvalue weighted by atomic mass is 10.1. The number of aromatic nitrogens is 3. The van der Waals surface area contributed by atoms with Crippen molar-refractivity contribution in [3.8, 4) is 0 Å². The summed E-state index contributed by atoms with van der Waals surface area (Å²) >= 11 is 6.06. The molecule has 110 valence electrons. The van der Waals surface area contributed by atoms with Gasteiger partial charge in [0.2, 0.25) is 5.91 Å². The monoisotopic (exact) mass is 308 g/mol. The standard InChI is InChI=1S/C13H13ClN4O3/c1-8(9-4-2-3-5-10(9)14)15-12(19)7-18-6-11(13(20)21)16-17-18/h2-6,8H,7H2,1H3,(H,15,19)(H,20,21). The van der Waals surface area contributed by atoms with Crippen LogP contribution in [-0.4, -0.2) is 32.0 Å². The second-order valence-corrected chi connectivity index (χ2v) is 4.82. The van der Waals surface area contributed by atoms with Crippen molar-refractivity contribution in [2.24, 2.45) is 0 Å². The number of nitrogens with one attached hydrogen (secondary N) is 1. The number of aromatic carboxylic acids is 1. The molecule has 2 rings (SSSR count). The Balaban J connectivity index is 1.98. The molecule has 0 saturated heterocycles. The Morgan fingerprint density at radius 1 is 1.43 bits per heavy atom. The van der Waals surface area contributed by atoms with Gasteiger partial charge in [0.25, 0.3) is 0 Å². The summed E-state index contributed by atoms with van der Waals surface area (Å²) in [4.78, 5) is 22.6. The number of carboxylic acid groups (broad SMARTS) is 1. The third-order valence-corrected chi connectivity index (χ3v) is 3.16. The molecule has 0 aliphatic heterocycles. The maximum absolute atomic E-state index is 11.9. The Hall–Kier alpha value is -2.41. The van der Waals surface area contributed by atoms with Crippen molar-refractivity contribution < 1.29 is 14.7 Å². The number of benzene rings is 1. The van der Waals surface area contributed by atoms with Gasteiger partial charge in [-0.3, -0.25) is 4.79 Å². The van der Waals surface area contributed by atoms with E-state index in [9.17, 15) is 9.59 Å². The Labute approximate surface area is 125 Å². The average molecular weight is 309 g/mol. The van der Waals surface area contributed by atoms with Gasteiger partial charge in [-0.25, -0.2) is 9.48 Å². The number of rotatable bonds is 5.